The van der Waals surface area contributed by atoms with E-state index in [0.717, 1.165) is 32.0 Å². The standard InChI is InChI=1S/C16H23BrF2N2/c1-4-5-12-9-21(15(8-20-12)10(2)3)16-13(17)6-11(18)7-14(16)19/h6-7,10,12,15,20H,4-5,8-9H2,1-3H3. The Morgan fingerprint density at radius 1 is 1.38 bits per heavy atom. The molecule has 118 valence electrons. The van der Waals surface area contributed by atoms with Crippen molar-refractivity contribution in [2.75, 3.05) is 18.0 Å². The Labute approximate surface area is 134 Å². The van der Waals surface area contributed by atoms with Crippen LogP contribution in [0.3, 0.4) is 0 Å². The summed E-state index contributed by atoms with van der Waals surface area (Å²) in [6, 6.07) is 2.86. The number of nitrogens with one attached hydrogen (secondary N) is 1. The molecule has 0 amide bonds. The third-order valence-electron chi connectivity index (χ3n) is 4.11. The zero-order valence-corrected chi connectivity index (χ0v) is 14.4. The van der Waals surface area contributed by atoms with E-state index in [1.54, 1.807) is 0 Å². The van der Waals surface area contributed by atoms with E-state index in [1.807, 2.05) is 0 Å². The van der Waals surface area contributed by atoms with Gasteiger partial charge in [0.1, 0.15) is 5.82 Å². The first-order valence-corrected chi connectivity index (χ1v) is 8.37. The number of rotatable bonds is 4. The molecule has 2 atom stereocenters. The molecule has 2 unspecified atom stereocenters. The van der Waals surface area contributed by atoms with Crippen LogP contribution in [0.25, 0.3) is 0 Å². The van der Waals surface area contributed by atoms with Crippen molar-refractivity contribution in [2.45, 2.75) is 45.7 Å². The molecule has 1 fully saturated rings. The Morgan fingerprint density at radius 3 is 2.67 bits per heavy atom. The molecule has 1 aliphatic heterocycles. The number of piperazine rings is 1. The number of halogens is 3. The van der Waals surface area contributed by atoms with E-state index >= 15 is 0 Å². The van der Waals surface area contributed by atoms with E-state index < -0.39 is 11.6 Å². The van der Waals surface area contributed by atoms with Crippen LogP contribution in [0, 0.1) is 17.6 Å². The van der Waals surface area contributed by atoms with E-state index in [9.17, 15) is 8.78 Å². The van der Waals surface area contributed by atoms with Crippen molar-refractivity contribution in [3.63, 3.8) is 0 Å². The van der Waals surface area contributed by atoms with Crippen LogP contribution in [0.2, 0.25) is 0 Å². The van der Waals surface area contributed by atoms with Gasteiger partial charge < -0.3 is 10.2 Å². The lowest BCUT2D eigenvalue weighted by Gasteiger charge is -2.44. The first kappa shape index (κ1) is 16.7. The summed E-state index contributed by atoms with van der Waals surface area (Å²) in [7, 11) is 0. The SMILES string of the molecule is CCCC1CN(c2c(F)cc(F)cc2Br)C(C(C)C)CN1. The molecule has 2 rings (SSSR count). The van der Waals surface area contributed by atoms with Gasteiger partial charge in [0, 0.05) is 35.7 Å². The highest BCUT2D eigenvalue weighted by atomic mass is 79.9. The van der Waals surface area contributed by atoms with Gasteiger partial charge in [-0.1, -0.05) is 27.2 Å². The lowest BCUT2D eigenvalue weighted by molar-refractivity contribution is 0.324. The number of hydrogen-bond donors (Lipinski definition) is 1. The molecule has 0 radical (unpaired) electrons. The maximum Gasteiger partial charge on any atom is 0.150 e. The summed E-state index contributed by atoms with van der Waals surface area (Å²) in [6.07, 6.45) is 2.15. The van der Waals surface area contributed by atoms with Crippen LogP contribution in [-0.2, 0) is 0 Å². The van der Waals surface area contributed by atoms with E-state index in [4.69, 9.17) is 0 Å². The summed E-state index contributed by atoms with van der Waals surface area (Å²) >= 11 is 3.33. The minimum atomic E-state index is -0.551. The van der Waals surface area contributed by atoms with Crippen molar-refractivity contribution >= 4 is 21.6 Å². The van der Waals surface area contributed by atoms with Gasteiger partial charge in [-0.15, -0.1) is 0 Å². The van der Waals surface area contributed by atoms with Gasteiger partial charge in [0.15, 0.2) is 5.82 Å². The topological polar surface area (TPSA) is 15.3 Å². The first-order chi connectivity index (χ1) is 9.93. The van der Waals surface area contributed by atoms with Gasteiger partial charge in [-0.2, -0.15) is 0 Å². The van der Waals surface area contributed by atoms with Gasteiger partial charge in [0.25, 0.3) is 0 Å². The fourth-order valence-corrected chi connectivity index (χ4v) is 3.67. The normalized spacial score (nSPS) is 22.9. The Balaban J connectivity index is 2.35. The Morgan fingerprint density at radius 2 is 2.10 bits per heavy atom. The smallest absolute Gasteiger partial charge is 0.150 e. The molecule has 2 nitrogen and oxygen atoms in total. The van der Waals surface area contributed by atoms with Crippen LogP contribution in [0.1, 0.15) is 33.6 Å². The number of benzene rings is 1. The van der Waals surface area contributed by atoms with Crippen molar-refractivity contribution in [3.05, 3.63) is 28.2 Å². The van der Waals surface area contributed by atoms with E-state index in [1.165, 1.54) is 6.07 Å². The molecule has 0 bridgehead atoms. The average molecular weight is 361 g/mol. The fourth-order valence-electron chi connectivity index (χ4n) is 3.04. The zero-order valence-electron chi connectivity index (χ0n) is 12.8. The second kappa shape index (κ2) is 7.05. The fraction of sp³-hybridized carbons (Fsp3) is 0.625. The summed E-state index contributed by atoms with van der Waals surface area (Å²) in [5.74, 6) is -0.662. The third kappa shape index (κ3) is 3.75. The van der Waals surface area contributed by atoms with Gasteiger partial charge >= 0.3 is 0 Å². The Hall–Kier alpha value is -0.680. The average Bonchev–Trinajstić information content (AvgIpc) is 2.37. The van der Waals surface area contributed by atoms with Crippen LogP contribution in [-0.4, -0.2) is 25.2 Å². The maximum absolute atomic E-state index is 14.3. The second-order valence-electron chi connectivity index (χ2n) is 6.08. The van der Waals surface area contributed by atoms with Crippen LogP contribution in [0.4, 0.5) is 14.5 Å². The van der Waals surface area contributed by atoms with Gasteiger partial charge in [-0.3, -0.25) is 0 Å². The summed E-state index contributed by atoms with van der Waals surface area (Å²) in [6.45, 7) is 7.99. The Bertz CT molecular complexity index is 470. The second-order valence-corrected chi connectivity index (χ2v) is 6.93. The lowest BCUT2D eigenvalue weighted by atomic mass is 9.96. The first-order valence-electron chi connectivity index (χ1n) is 7.58. The highest BCUT2D eigenvalue weighted by Gasteiger charge is 2.32. The monoisotopic (exact) mass is 360 g/mol. The molecule has 1 aromatic carbocycles. The predicted molar refractivity (Wildman–Crippen MR) is 86.7 cm³/mol. The van der Waals surface area contributed by atoms with Gasteiger partial charge in [0.05, 0.1) is 5.69 Å². The minimum absolute atomic E-state index is 0.203. The molecule has 1 N–H and O–H groups in total. The molecule has 0 aliphatic carbocycles. The predicted octanol–water partition coefficient (Wildman–Crippen LogP) is 4.33. The van der Waals surface area contributed by atoms with Crippen LogP contribution in [0.15, 0.2) is 16.6 Å². The molecule has 1 aliphatic rings. The summed E-state index contributed by atoms with van der Waals surface area (Å²) in [4.78, 5) is 2.10. The van der Waals surface area contributed by atoms with Gasteiger partial charge in [-0.25, -0.2) is 8.78 Å². The molecular weight excluding hydrogens is 338 g/mol. The summed E-state index contributed by atoms with van der Waals surface area (Å²) in [5, 5.41) is 3.55. The molecule has 1 aromatic rings. The highest BCUT2D eigenvalue weighted by molar-refractivity contribution is 9.10. The molecule has 21 heavy (non-hydrogen) atoms. The van der Waals surface area contributed by atoms with Crippen LogP contribution in [0.5, 0.6) is 0 Å². The van der Waals surface area contributed by atoms with Crippen molar-refractivity contribution in [1.29, 1.82) is 0 Å². The zero-order chi connectivity index (χ0) is 15.6. The van der Waals surface area contributed by atoms with E-state index in [0.29, 0.717) is 22.1 Å². The highest BCUT2D eigenvalue weighted by Crippen LogP contribution is 2.34. The number of nitrogens with zero attached hydrogens (tertiary/aromatic N) is 1. The Kier molecular flexibility index (Phi) is 5.60. The summed E-state index contributed by atoms with van der Waals surface area (Å²) in [5.41, 5.74) is 0.484. The van der Waals surface area contributed by atoms with Gasteiger partial charge in [-0.05, 0) is 34.3 Å². The van der Waals surface area contributed by atoms with Crippen LogP contribution >= 0.6 is 15.9 Å². The molecule has 1 saturated heterocycles. The summed E-state index contributed by atoms with van der Waals surface area (Å²) < 4.78 is 28.1. The van der Waals surface area contributed by atoms with Crippen LogP contribution < -0.4 is 10.2 Å². The molecule has 5 heteroatoms. The van der Waals surface area contributed by atoms with Gasteiger partial charge in [0.2, 0.25) is 0 Å². The molecule has 0 spiro atoms. The largest absolute Gasteiger partial charge is 0.362 e. The molecule has 1 heterocycles. The van der Waals surface area contributed by atoms with E-state index in [2.05, 4.69) is 46.9 Å². The molecule has 0 aromatic heterocycles. The van der Waals surface area contributed by atoms with Crippen molar-refractivity contribution in [1.82, 2.24) is 5.32 Å². The van der Waals surface area contributed by atoms with Crippen molar-refractivity contribution in [3.8, 4) is 0 Å². The maximum atomic E-state index is 14.3. The van der Waals surface area contributed by atoms with Crippen molar-refractivity contribution < 1.29 is 8.78 Å². The number of hydrogen-bond acceptors (Lipinski definition) is 2. The quantitative estimate of drug-likeness (QED) is 0.859. The minimum Gasteiger partial charge on any atom is -0.362 e. The van der Waals surface area contributed by atoms with Crippen molar-refractivity contribution in [2.24, 2.45) is 5.92 Å². The molecular formula is C16H23BrF2N2. The van der Waals surface area contributed by atoms with E-state index in [-0.39, 0.29) is 6.04 Å². The third-order valence-corrected chi connectivity index (χ3v) is 4.71. The lowest BCUT2D eigenvalue weighted by Crippen LogP contribution is -2.58. The molecule has 0 saturated carbocycles. The number of anilines is 1.